The summed E-state index contributed by atoms with van der Waals surface area (Å²) in [6.07, 6.45) is 1.24. The van der Waals surface area contributed by atoms with E-state index in [9.17, 15) is 4.79 Å². The summed E-state index contributed by atoms with van der Waals surface area (Å²) in [7, 11) is 1.32. The van der Waals surface area contributed by atoms with Gasteiger partial charge >= 0.3 is 6.09 Å². The predicted molar refractivity (Wildman–Crippen MR) is 76.9 cm³/mol. The fourth-order valence-corrected chi connectivity index (χ4v) is 2.35. The Bertz CT molecular complexity index is 574. The van der Waals surface area contributed by atoms with Gasteiger partial charge in [0.25, 0.3) is 0 Å². The van der Waals surface area contributed by atoms with Crippen LogP contribution in [0.4, 0.5) is 16.2 Å². The Morgan fingerprint density at radius 1 is 1.47 bits per heavy atom. The molecule has 1 heterocycles. The van der Waals surface area contributed by atoms with Gasteiger partial charge in [0, 0.05) is 22.4 Å². The molecule has 2 rings (SSSR count). The molecule has 5 nitrogen and oxygen atoms in total. The zero-order chi connectivity index (χ0) is 13.7. The lowest BCUT2D eigenvalue weighted by Crippen LogP contribution is -2.11. The second kappa shape index (κ2) is 6.40. The Labute approximate surface area is 119 Å². The molecule has 1 amide bonds. The molecule has 0 spiro atoms. The number of methoxy groups -OCH3 is 1. The van der Waals surface area contributed by atoms with Crippen molar-refractivity contribution in [1.82, 2.24) is 4.98 Å². The molecule has 0 aliphatic rings. The zero-order valence-electron chi connectivity index (χ0n) is 10.1. The van der Waals surface area contributed by atoms with Crippen LogP contribution in [0.3, 0.4) is 0 Å². The van der Waals surface area contributed by atoms with Crippen LogP contribution in [-0.2, 0) is 11.3 Å². The lowest BCUT2D eigenvalue weighted by Gasteiger charge is -2.08. The third-order valence-corrected chi connectivity index (χ3v) is 3.40. The Kier molecular flexibility index (Phi) is 4.59. The number of benzene rings is 1. The molecule has 1 aromatic heterocycles. The Hall–Kier alpha value is -1.79. The minimum atomic E-state index is -0.494. The van der Waals surface area contributed by atoms with Crippen LogP contribution in [0.5, 0.6) is 0 Å². The first-order chi connectivity index (χ1) is 9.17. The van der Waals surface area contributed by atoms with Crippen LogP contribution in [0.1, 0.15) is 4.88 Å². The molecule has 2 N–H and O–H groups in total. The number of thiazole rings is 1. The summed E-state index contributed by atoms with van der Waals surface area (Å²) >= 11 is 7.19. The fraction of sp³-hybridized carbons (Fsp3) is 0.167. The van der Waals surface area contributed by atoms with E-state index in [-0.39, 0.29) is 0 Å². The van der Waals surface area contributed by atoms with E-state index in [1.54, 1.807) is 12.3 Å². The quantitative estimate of drug-likeness (QED) is 0.905. The number of carbonyl (C=O) groups excluding carboxylic acids is 1. The summed E-state index contributed by atoms with van der Waals surface area (Å²) in [6, 6.07) is 7.35. The van der Waals surface area contributed by atoms with Crippen molar-refractivity contribution in [1.29, 1.82) is 0 Å². The van der Waals surface area contributed by atoms with Crippen molar-refractivity contribution in [3.8, 4) is 0 Å². The molecule has 0 fully saturated rings. The highest BCUT2D eigenvalue weighted by molar-refractivity contribution is 7.15. The van der Waals surface area contributed by atoms with E-state index in [0.29, 0.717) is 16.7 Å². The van der Waals surface area contributed by atoms with Gasteiger partial charge in [0.05, 0.1) is 13.7 Å². The molecule has 0 atom stereocenters. The third kappa shape index (κ3) is 4.11. The number of hydrogen-bond donors (Lipinski definition) is 2. The molecular formula is C12H12ClN3O2S. The second-order valence-corrected chi connectivity index (χ2v) is 5.33. The summed E-state index contributed by atoms with van der Waals surface area (Å²) in [5.41, 5.74) is 1.55. The van der Waals surface area contributed by atoms with E-state index in [0.717, 1.165) is 10.6 Å². The van der Waals surface area contributed by atoms with Crippen molar-refractivity contribution >= 4 is 40.4 Å². The smallest absolute Gasteiger partial charge is 0.411 e. The maximum atomic E-state index is 11.1. The molecule has 0 saturated heterocycles. The van der Waals surface area contributed by atoms with Crippen molar-refractivity contribution in [2.24, 2.45) is 0 Å². The maximum Gasteiger partial charge on any atom is 0.411 e. The maximum absolute atomic E-state index is 11.1. The second-order valence-electron chi connectivity index (χ2n) is 3.63. The van der Waals surface area contributed by atoms with Gasteiger partial charge in [0.15, 0.2) is 4.47 Å². The van der Waals surface area contributed by atoms with E-state index in [2.05, 4.69) is 20.4 Å². The van der Waals surface area contributed by atoms with E-state index in [4.69, 9.17) is 11.6 Å². The highest BCUT2D eigenvalue weighted by atomic mass is 35.5. The number of anilines is 2. The fourth-order valence-electron chi connectivity index (χ4n) is 1.43. The normalized spacial score (nSPS) is 10.0. The molecule has 0 saturated carbocycles. The number of carbonyl (C=O) groups is 1. The molecule has 1 aromatic carbocycles. The van der Waals surface area contributed by atoms with E-state index in [1.165, 1.54) is 18.4 Å². The van der Waals surface area contributed by atoms with Crippen LogP contribution in [0.25, 0.3) is 0 Å². The van der Waals surface area contributed by atoms with Crippen LogP contribution in [0.2, 0.25) is 4.47 Å². The molecule has 0 bridgehead atoms. The van der Waals surface area contributed by atoms with Gasteiger partial charge < -0.3 is 10.1 Å². The largest absolute Gasteiger partial charge is 0.453 e. The first-order valence-electron chi connectivity index (χ1n) is 5.46. The highest BCUT2D eigenvalue weighted by Gasteiger charge is 2.02. The van der Waals surface area contributed by atoms with E-state index >= 15 is 0 Å². The molecule has 0 aliphatic heterocycles. The minimum Gasteiger partial charge on any atom is -0.453 e. The Balaban J connectivity index is 1.97. The molecule has 2 aromatic rings. The van der Waals surface area contributed by atoms with Crippen LogP contribution in [-0.4, -0.2) is 18.2 Å². The lowest BCUT2D eigenvalue weighted by molar-refractivity contribution is 0.187. The molecule has 100 valence electrons. The number of amides is 1. The predicted octanol–water partition coefficient (Wildman–Crippen LogP) is 3.59. The summed E-state index contributed by atoms with van der Waals surface area (Å²) in [5, 5.41) is 5.83. The third-order valence-electron chi connectivity index (χ3n) is 2.29. The molecular weight excluding hydrogens is 286 g/mol. The van der Waals surface area contributed by atoms with Gasteiger partial charge in [-0.1, -0.05) is 17.7 Å². The van der Waals surface area contributed by atoms with Gasteiger partial charge in [-0.2, -0.15) is 0 Å². The minimum absolute atomic E-state index is 0.494. The van der Waals surface area contributed by atoms with Gasteiger partial charge in [-0.15, -0.1) is 11.3 Å². The number of aromatic nitrogens is 1. The van der Waals surface area contributed by atoms with E-state index < -0.39 is 6.09 Å². The van der Waals surface area contributed by atoms with Crippen molar-refractivity contribution in [3.05, 3.63) is 39.8 Å². The first-order valence-corrected chi connectivity index (χ1v) is 6.66. The summed E-state index contributed by atoms with van der Waals surface area (Å²) in [6.45, 7) is 0.631. The van der Waals surface area contributed by atoms with Crippen molar-refractivity contribution < 1.29 is 9.53 Å². The van der Waals surface area contributed by atoms with Crippen LogP contribution < -0.4 is 10.6 Å². The average molecular weight is 298 g/mol. The standard InChI is InChI=1S/C12H12ClN3O2S/c1-18-12(17)16-9-4-2-3-8(5-9)14-6-10-7-15-11(13)19-10/h2-5,7,14H,6H2,1H3,(H,16,17). The Morgan fingerprint density at radius 3 is 2.95 bits per heavy atom. The van der Waals surface area contributed by atoms with Gasteiger partial charge in [-0.25, -0.2) is 9.78 Å². The average Bonchev–Trinajstić information content (AvgIpc) is 2.82. The molecule has 19 heavy (non-hydrogen) atoms. The van der Waals surface area contributed by atoms with Gasteiger partial charge in [-0.05, 0) is 18.2 Å². The topological polar surface area (TPSA) is 63.2 Å². The van der Waals surface area contributed by atoms with Crippen LogP contribution in [0.15, 0.2) is 30.5 Å². The summed E-state index contributed by atoms with van der Waals surface area (Å²) in [4.78, 5) is 16.1. The SMILES string of the molecule is COC(=O)Nc1cccc(NCc2cnc(Cl)s2)c1. The number of rotatable bonds is 4. The van der Waals surface area contributed by atoms with Crippen molar-refractivity contribution in [2.75, 3.05) is 17.7 Å². The number of hydrogen-bond acceptors (Lipinski definition) is 5. The van der Waals surface area contributed by atoms with Crippen LogP contribution >= 0.6 is 22.9 Å². The summed E-state index contributed by atoms with van der Waals surface area (Å²) < 4.78 is 5.06. The molecule has 0 radical (unpaired) electrons. The lowest BCUT2D eigenvalue weighted by atomic mass is 10.2. The number of nitrogens with one attached hydrogen (secondary N) is 2. The molecule has 0 aliphatic carbocycles. The van der Waals surface area contributed by atoms with Gasteiger partial charge in [0.1, 0.15) is 0 Å². The Morgan fingerprint density at radius 2 is 2.26 bits per heavy atom. The molecule has 7 heteroatoms. The first kappa shape index (κ1) is 13.6. The summed E-state index contributed by atoms with van der Waals surface area (Å²) in [5.74, 6) is 0. The van der Waals surface area contributed by atoms with Crippen molar-refractivity contribution in [3.63, 3.8) is 0 Å². The number of nitrogens with zero attached hydrogens (tertiary/aromatic N) is 1. The number of halogens is 1. The van der Waals surface area contributed by atoms with Crippen molar-refractivity contribution in [2.45, 2.75) is 6.54 Å². The highest BCUT2D eigenvalue weighted by Crippen LogP contribution is 2.20. The monoisotopic (exact) mass is 297 g/mol. The zero-order valence-corrected chi connectivity index (χ0v) is 11.7. The van der Waals surface area contributed by atoms with E-state index in [1.807, 2.05) is 18.2 Å². The van der Waals surface area contributed by atoms with Gasteiger partial charge in [0.2, 0.25) is 0 Å². The van der Waals surface area contributed by atoms with Crippen LogP contribution in [0, 0.1) is 0 Å². The molecule has 0 unspecified atom stereocenters. The number of ether oxygens (including phenoxy) is 1. The van der Waals surface area contributed by atoms with Gasteiger partial charge in [-0.3, -0.25) is 5.32 Å².